The Bertz CT molecular complexity index is 1480. The molecule has 7 heteroatoms. The van der Waals surface area contributed by atoms with Crippen LogP contribution < -0.4 is 0 Å². The molecule has 0 saturated carbocycles. The van der Waals surface area contributed by atoms with Crippen molar-refractivity contribution in [3.05, 3.63) is 120 Å². The van der Waals surface area contributed by atoms with Crippen molar-refractivity contribution in [2.24, 2.45) is 0 Å². The molecule has 5 aromatic rings. The third-order valence-corrected chi connectivity index (χ3v) is 8.29. The molecule has 4 aromatic carbocycles. The van der Waals surface area contributed by atoms with E-state index in [0.29, 0.717) is 59.5 Å². The SMILES string of the molecule is c1ccc(COC2COCC(OCCCCn3c4ccccc4c4ccccc43)COCC(OCc3ccccc3)COC2)cc1. The highest BCUT2D eigenvalue weighted by Gasteiger charge is 2.19. The van der Waals surface area contributed by atoms with E-state index in [1.165, 1.54) is 21.8 Å². The maximum Gasteiger partial charge on any atom is 0.105 e. The second kappa shape index (κ2) is 17.4. The van der Waals surface area contributed by atoms with Gasteiger partial charge in [0.2, 0.25) is 0 Å². The summed E-state index contributed by atoms with van der Waals surface area (Å²) in [6.07, 6.45) is 1.36. The Morgan fingerprint density at radius 3 is 1.37 bits per heavy atom. The van der Waals surface area contributed by atoms with E-state index in [0.717, 1.165) is 30.5 Å². The van der Waals surface area contributed by atoms with Crippen LogP contribution in [0.3, 0.4) is 0 Å². The lowest BCUT2D eigenvalue weighted by Gasteiger charge is -2.25. The fourth-order valence-corrected chi connectivity index (χ4v) is 5.87. The molecule has 1 fully saturated rings. The smallest absolute Gasteiger partial charge is 0.105 e. The Kier molecular flexibility index (Phi) is 12.2. The molecule has 2 atom stereocenters. The lowest BCUT2D eigenvalue weighted by Crippen LogP contribution is -2.35. The van der Waals surface area contributed by atoms with E-state index in [9.17, 15) is 0 Å². The van der Waals surface area contributed by atoms with Gasteiger partial charge in [-0.2, -0.15) is 0 Å². The molecular formula is C39H45NO6. The number of hydrogen-bond acceptors (Lipinski definition) is 6. The number of para-hydroxylation sites is 2. The monoisotopic (exact) mass is 623 g/mol. The minimum Gasteiger partial charge on any atom is -0.376 e. The molecule has 7 nitrogen and oxygen atoms in total. The normalized spacial score (nSPS) is 20.0. The molecule has 6 rings (SSSR count). The van der Waals surface area contributed by atoms with Crippen LogP contribution in [-0.4, -0.2) is 69.1 Å². The number of rotatable bonds is 12. The van der Waals surface area contributed by atoms with Crippen LogP contribution in [0.25, 0.3) is 21.8 Å². The summed E-state index contributed by atoms with van der Waals surface area (Å²) in [5.41, 5.74) is 4.80. The molecular weight excluding hydrogens is 578 g/mol. The summed E-state index contributed by atoms with van der Waals surface area (Å²) in [7, 11) is 0. The van der Waals surface area contributed by atoms with Gasteiger partial charge in [0.15, 0.2) is 0 Å². The third-order valence-electron chi connectivity index (χ3n) is 8.29. The summed E-state index contributed by atoms with van der Waals surface area (Å²) >= 11 is 0. The third kappa shape index (κ3) is 9.26. The molecule has 0 aliphatic carbocycles. The first kappa shape index (κ1) is 32.4. The molecule has 1 aromatic heterocycles. The Morgan fingerprint density at radius 2 is 0.891 bits per heavy atom. The van der Waals surface area contributed by atoms with E-state index in [1.807, 2.05) is 36.4 Å². The molecule has 0 radical (unpaired) electrons. The van der Waals surface area contributed by atoms with E-state index < -0.39 is 0 Å². The maximum atomic E-state index is 6.34. The predicted octanol–water partition coefficient (Wildman–Crippen LogP) is 7.19. The first-order chi connectivity index (χ1) is 22.8. The highest BCUT2D eigenvalue weighted by molar-refractivity contribution is 6.07. The van der Waals surface area contributed by atoms with Gasteiger partial charge in [-0.3, -0.25) is 0 Å². The first-order valence-corrected chi connectivity index (χ1v) is 16.5. The van der Waals surface area contributed by atoms with E-state index in [1.54, 1.807) is 0 Å². The lowest BCUT2D eigenvalue weighted by molar-refractivity contribution is -0.133. The molecule has 2 heterocycles. The molecule has 2 unspecified atom stereocenters. The number of unbranched alkanes of at least 4 members (excludes halogenated alkanes) is 1. The van der Waals surface area contributed by atoms with E-state index in [-0.39, 0.29) is 18.3 Å². The van der Waals surface area contributed by atoms with Crippen molar-refractivity contribution < 1.29 is 28.4 Å². The molecule has 0 spiro atoms. The van der Waals surface area contributed by atoms with Crippen molar-refractivity contribution in [3.63, 3.8) is 0 Å². The Labute approximate surface area is 271 Å². The number of fused-ring (bicyclic) bond motifs is 3. The van der Waals surface area contributed by atoms with Crippen LogP contribution in [-0.2, 0) is 48.2 Å². The number of aryl methyl sites for hydroxylation is 1. The summed E-state index contributed by atoms with van der Waals surface area (Å²) < 4.78 is 39.5. The fraction of sp³-hybridized carbons (Fsp3) is 0.385. The second-order valence-corrected chi connectivity index (χ2v) is 11.8. The van der Waals surface area contributed by atoms with E-state index in [4.69, 9.17) is 28.4 Å². The fourth-order valence-electron chi connectivity index (χ4n) is 5.87. The number of aromatic nitrogens is 1. The zero-order chi connectivity index (χ0) is 31.2. The van der Waals surface area contributed by atoms with Gasteiger partial charge in [0, 0.05) is 35.0 Å². The average Bonchev–Trinajstić information content (AvgIpc) is 3.42. The van der Waals surface area contributed by atoms with Crippen LogP contribution in [0.15, 0.2) is 109 Å². The Morgan fingerprint density at radius 1 is 0.478 bits per heavy atom. The number of nitrogens with zero attached hydrogens (tertiary/aromatic N) is 1. The zero-order valence-corrected chi connectivity index (χ0v) is 26.5. The molecule has 1 aliphatic rings. The topological polar surface area (TPSA) is 60.3 Å². The number of benzene rings is 4. The van der Waals surface area contributed by atoms with Crippen LogP contribution in [0.4, 0.5) is 0 Å². The quantitative estimate of drug-likeness (QED) is 0.137. The van der Waals surface area contributed by atoms with Crippen molar-refractivity contribution in [1.29, 1.82) is 0 Å². The molecule has 0 N–H and O–H groups in total. The molecule has 0 bridgehead atoms. The summed E-state index contributed by atoms with van der Waals surface area (Å²) in [5.74, 6) is 0. The van der Waals surface area contributed by atoms with Crippen molar-refractivity contribution in [2.75, 3.05) is 46.2 Å². The predicted molar refractivity (Wildman–Crippen MR) is 181 cm³/mol. The first-order valence-electron chi connectivity index (χ1n) is 16.5. The average molecular weight is 624 g/mol. The largest absolute Gasteiger partial charge is 0.376 e. The zero-order valence-electron chi connectivity index (χ0n) is 26.5. The minimum absolute atomic E-state index is 0.182. The molecule has 0 amide bonds. The summed E-state index contributed by atoms with van der Waals surface area (Å²) in [5, 5.41) is 2.61. The van der Waals surface area contributed by atoms with Gasteiger partial charge in [0.1, 0.15) is 18.3 Å². The van der Waals surface area contributed by atoms with Crippen molar-refractivity contribution in [3.8, 4) is 0 Å². The Hall–Kier alpha value is -3.56. The van der Waals surface area contributed by atoms with Gasteiger partial charge in [-0.15, -0.1) is 0 Å². The summed E-state index contributed by atoms with van der Waals surface area (Å²) in [6, 6.07) is 37.6. The Balaban J connectivity index is 1.02. The van der Waals surface area contributed by atoms with Crippen LogP contribution in [0.2, 0.25) is 0 Å². The molecule has 242 valence electrons. The van der Waals surface area contributed by atoms with Crippen molar-refractivity contribution >= 4 is 21.8 Å². The molecule has 1 saturated heterocycles. The van der Waals surface area contributed by atoms with Gasteiger partial charge in [-0.1, -0.05) is 97.1 Å². The van der Waals surface area contributed by atoms with Crippen molar-refractivity contribution in [1.82, 2.24) is 4.57 Å². The number of hydrogen-bond donors (Lipinski definition) is 0. The van der Waals surface area contributed by atoms with Crippen molar-refractivity contribution in [2.45, 2.75) is 50.9 Å². The number of ether oxygens (including phenoxy) is 6. The van der Waals surface area contributed by atoms with Gasteiger partial charge < -0.3 is 33.0 Å². The van der Waals surface area contributed by atoms with E-state index >= 15 is 0 Å². The van der Waals surface area contributed by atoms with Crippen LogP contribution in [0.5, 0.6) is 0 Å². The van der Waals surface area contributed by atoms with Gasteiger partial charge >= 0.3 is 0 Å². The van der Waals surface area contributed by atoms with Crippen LogP contribution >= 0.6 is 0 Å². The summed E-state index contributed by atoms with van der Waals surface area (Å²) in [4.78, 5) is 0. The standard InChI is InChI=1S/C39H45NO6/c1-3-13-31(14-4-1)23-45-34-27-41-25-33(26-42-28-35(30-43-29-34)46-24-32-15-5-2-6-16-32)44-22-12-11-21-40-38-19-9-7-17-36(38)37-18-8-10-20-39(37)40/h1-10,13-20,33-35H,11-12,21-30H2. The van der Waals surface area contributed by atoms with Gasteiger partial charge in [0.05, 0.1) is 52.9 Å². The van der Waals surface area contributed by atoms with Gasteiger partial charge in [-0.05, 0) is 36.1 Å². The van der Waals surface area contributed by atoms with Gasteiger partial charge in [0.25, 0.3) is 0 Å². The van der Waals surface area contributed by atoms with Crippen LogP contribution in [0, 0.1) is 0 Å². The highest BCUT2D eigenvalue weighted by Crippen LogP contribution is 2.29. The lowest BCUT2D eigenvalue weighted by atomic mass is 10.2. The minimum atomic E-state index is -0.206. The summed E-state index contributed by atoms with van der Waals surface area (Å²) in [6.45, 7) is 5.07. The molecule has 1 aliphatic heterocycles. The van der Waals surface area contributed by atoms with Gasteiger partial charge in [-0.25, -0.2) is 0 Å². The van der Waals surface area contributed by atoms with E-state index in [2.05, 4.69) is 77.4 Å². The molecule has 46 heavy (non-hydrogen) atoms. The highest BCUT2D eigenvalue weighted by atomic mass is 16.6. The second-order valence-electron chi connectivity index (χ2n) is 11.8. The van der Waals surface area contributed by atoms with Crippen LogP contribution in [0.1, 0.15) is 24.0 Å². The maximum absolute atomic E-state index is 6.34.